The van der Waals surface area contributed by atoms with E-state index in [1.165, 1.54) is 7.11 Å². The first-order valence-corrected chi connectivity index (χ1v) is 5.71. The van der Waals surface area contributed by atoms with E-state index in [2.05, 4.69) is 10.1 Å². The Morgan fingerprint density at radius 1 is 1.41 bits per heavy atom. The monoisotopic (exact) mass is 237 g/mol. The molecule has 0 fully saturated rings. The lowest BCUT2D eigenvalue weighted by Crippen LogP contribution is -2.34. The SMILES string of the molecule is CCOc1ccccc1CNC(C)C(=O)OC. The number of hydrogen-bond acceptors (Lipinski definition) is 4. The number of carbonyl (C=O) groups excluding carboxylic acids is 1. The molecule has 1 aromatic rings. The van der Waals surface area contributed by atoms with Crippen LogP contribution in [0.1, 0.15) is 19.4 Å². The van der Waals surface area contributed by atoms with Gasteiger partial charge in [0.25, 0.3) is 0 Å². The molecule has 1 N–H and O–H groups in total. The van der Waals surface area contributed by atoms with Crippen LogP contribution >= 0.6 is 0 Å². The third kappa shape index (κ3) is 4.07. The van der Waals surface area contributed by atoms with Crippen molar-refractivity contribution in [1.29, 1.82) is 0 Å². The van der Waals surface area contributed by atoms with Gasteiger partial charge in [-0.2, -0.15) is 0 Å². The molecule has 0 amide bonds. The number of esters is 1. The summed E-state index contributed by atoms with van der Waals surface area (Å²) in [6, 6.07) is 7.45. The molecule has 0 spiro atoms. The molecule has 0 radical (unpaired) electrons. The smallest absolute Gasteiger partial charge is 0.322 e. The summed E-state index contributed by atoms with van der Waals surface area (Å²) in [5.74, 6) is 0.582. The highest BCUT2D eigenvalue weighted by atomic mass is 16.5. The Bertz CT molecular complexity index is 365. The molecular formula is C13H19NO3. The molecule has 0 bridgehead atoms. The first-order valence-electron chi connectivity index (χ1n) is 5.71. The zero-order valence-corrected chi connectivity index (χ0v) is 10.5. The first kappa shape index (κ1) is 13.5. The minimum Gasteiger partial charge on any atom is -0.494 e. The highest BCUT2D eigenvalue weighted by molar-refractivity contribution is 5.75. The summed E-state index contributed by atoms with van der Waals surface area (Å²) in [6.07, 6.45) is 0. The second-order valence-corrected chi connectivity index (χ2v) is 3.67. The van der Waals surface area contributed by atoms with Gasteiger partial charge in [0.05, 0.1) is 13.7 Å². The fourth-order valence-corrected chi connectivity index (χ4v) is 1.47. The predicted molar refractivity (Wildman–Crippen MR) is 65.9 cm³/mol. The molecular weight excluding hydrogens is 218 g/mol. The van der Waals surface area contributed by atoms with Crippen molar-refractivity contribution in [2.75, 3.05) is 13.7 Å². The average Bonchev–Trinajstić information content (AvgIpc) is 2.36. The van der Waals surface area contributed by atoms with Crippen LogP contribution in [0, 0.1) is 0 Å². The predicted octanol–water partition coefficient (Wildman–Crippen LogP) is 1.74. The summed E-state index contributed by atoms with van der Waals surface area (Å²) < 4.78 is 10.1. The molecule has 0 aliphatic rings. The summed E-state index contributed by atoms with van der Waals surface area (Å²) in [5.41, 5.74) is 1.03. The van der Waals surface area contributed by atoms with Crippen molar-refractivity contribution in [3.05, 3.63) is 29.8 Å². The standard InChI is InChI=1S/C13H19NO3/c1-4-17-12-8-6-5-7-11(12)9-14-10(2)13(15)16-3/h5-8,10,14H,4,9H2,1-3H3. The molecule has 0 aliphatic carbocycles. The molecule has 4 nitrogen and oxygen atoms in total. The number of para-hydroxylation sites is 1. The van der Waals surface area contributed by atoms with E-state index in [0.717, 1.165) is 11.3 Å². The normalized spacial score (nSPS) is 11.9. The summed E-state index contributed by atoms with van der Waals surface area (Å²) in [6.45, 7) is 4.92. The minimum atomic E-state index is -0.324. The maximum Gasteiger partial charge on any atom is 0.322 e. The van der Waals surface area contributed by atoms with Crippen LogP contribution in [0.25, 0.3) is 0 Å². The van der Waals surface area contributed by atoms with Crippen molar-refractivity contribution in [2.45, 2.75) is 26.4 Å². The van der Waals surface area contributed by atoms with Gasteiger partial charge in [0.15, 0.2) is 0 Å². The largest absolute Gasteiger partial charge is 0.494 e. The molecule has 1 rings (SSSR count). The van der Waals surface area contributed by atoms with Gasteiger partial charge in [-0.1, -0.05) is 18.2 Å². The highest BCUT2D eigenvalue weighted by Gasteiger charge is 2.12. The third-order valence-electron chi connectivity index (χ3n) is 2.43. The van der Waals surface area contributed by atoms with Crippen molar-refractivity contribution in [1.82, 2.24) is 5.32 Å². The average molecular weight is 237 g/mol. The van der Waals surface area contributed by atoms with Gasteiger partial charge < -0.3 is 14.8 Å². The molecule has 0 heterocycles. The van der Waals surface area contributed by atoms with Crippen LogP contribution in [-0.4, -0.2) is 25.7 Å². The molecule has 94 valence electrons. The van der Waals surface area contributed by atoms with E-state index in [1.807, 2.05) is 31.2 Å². The lowest BCUT2D eigenvalue weighted by molar-refractivity contribution is -0.142. The van der Waals surface area contributed by atoms with Gasteiger partial charge in [-0.25, -0.2) is 0 Å². The molecule has 1 unspecified atom stereocenters. The second kappa shape index (κ2) is 6.91. The fraction of sp³-hybridized carbons (Fsp3) is 0.462. The minimum absolute atomic E-state index is 0.265. The topological polar surface area (TPSA) is 47.6 Å². The van der Waals surface area contributed by atoms with Crippen molar-refractivity contribution < 1.29 is 14.3 Å². The lowest BCUT2D eigenvalue weighted by atomic mass is 10.2. The third-order valence-corrected chi connectivity index (χ3v) is 2.43. The van der Waals surface area contributed by atoms with Gasteiger partial charge in [0, 0.05) is 12.1 Å². The van der Waals surface area contributed by atoms with Gasteiger partial charge >= 0.3 is 5.97 Å². The Morgan fingerprint density at radius 3 is 2.76 bits per heavy atom. The number of nitrogens with one attached hydrogen (secondary N) is 1. The Morgan fingerprint density at radius 2 is 2.12 bits per heavy atom. The van der Waals surface area contributed by atoms with E-state index in [0.29, 0.717) is 13.2 Å². The Labute approximate surface area is 102 Å². The number of rotatable bonds is 6. The van der Waals surface area contributed by atoms with E-state index in [1.54, 1.807) is 6.92 Å². The summed E-state index contributed by atoms with van der Waals surface area (Å²) in [7, 11) is 1.38. The Hall–Kier alpha value is -1.55. The van der Waals surface area contributed by atoms with Gasteiger partial charge in [0.1, 0.15) is 11.8 Å². The van der Waals surface area contributed by atoms with Crippen LogP contribution in [0.15, 0.2) is 24.3 Å². The maximum absolute atomic E-state index is 11.2. The number of methoxy groups -OCH3 is 1. The van der Waals surface area contributed by atoms with Crippen LogP contribution in [0.5, 0.6) is 5.75 Å². The number of hydrogen-bond donors (Lipinski definition) is 1. The molecule has 0 aromatic heterocycles. The van der Waals surface area contributed by atoms with Gasteiger partial charge in [0.2, 0.25) is 0 Å². The van der Waals surface area contributed by atoms with Gasteiger partial charge in [-0.15, -0.1) is 0 Å². The molecule has 0 aliphatic heterocycles. The van der Waals surface area contributed by atoms with Crippen molar-refractivity contribution >= 4 is 5.97 Å². The number of ether oxygens (including phenoxy) is 2. The zero-order chi connectivity index (χ0) is 12.7. The van der Waals surface area contributed by atoms with Crippen LogP contribution in [0.3, 0.4) is 0 Å². The summed E-state index contributed by atoms with van der Waals surface area (Å²) in [4.78, 5) is 11.2. The van der Waals surface area contributed by atoms with E-state index in [4.69, 9.17) is 4.74 Å². The summed E-state index contributed by atoms with van der Waals surface area (Å²) >= 11 is 0. The van der Waals surface area contributed by atoms with Crippen LogP contribution in [0.4, 0.5) is 0 Å². The Balaban J connectivity index is 2.59. The van der Waals surface area contributed by atoms with Crippen LogP contribution < -0.4 is 10.1 Å². The van der Waals surface area contributed by atoms with Crippen LogP contribution in [0.2, 0.25) is 0 Å². The van der Waals surface area contributed by atoms with Crippen molar-refractivity contribution in [3.8, 4) is 5.75 Å². The molecule has 0 saturated carbocycles. The fourth-order valence-electron chi connectivity index (χ4n) is 1.47. The molecule has 17 heavy (non-hydrogen) atoms. The quantitative estimate of drug-likeness (QED) is 0.765. The molecule has 0 saturated heterocycles. The molecule has 1 aromatic carbocycles. The van der Waals surface area contributed by atoms with Crippen molar-refractivity contribution in [3.63, 3.8) is 0 Å². The number of benzene rings is 1. The maximum atomic E-state index is 11.2. The van der Waals surface area contributed by atoms with Crippen molar-refractivity contribution in [2.24, 2.45) is 0 Å². The van der Waals surface area contributed by atoms with Gasteiger partial charge in [-0.05, 0) is 19.9 Å². The first-order chi connectivity index (χ1) is 8.19. The van der Waals surface area contributed by atoms with E-state index in [9.17, 15) is 4.79 Å². The van der Waals surface area contributed by atoms with Crippen LogP contribution in [-0.2, 0) is 16.1 Å². The molecule has 4 heteroatoms. The van der Waals surface area contributed by atoms with E-state index >= 15 is 0 Å². The Kier molecular flexibility index (Phi) is 5.49. The van der Waals surface area contributed by atoms with Gasteiger partial charge in [-0.3, -0.25) is 4.79 Å². The van der Waals surface area contributed by atoms with E-state index < -0.39 is 0 Å². The zero-order valence-electron chi connectivity index (χ0n) is 10.5. The lowest BCUT2D eigenvalue weighted by Gasteiger charge is -2.14. The van der Waals surface area contributed by atoms with E-state index in [-0.39, 0.29) is 12.0 Å². The number of carbonyl (C=O) groups is 1. The second-order valence-electron chi connectivity index (χ2n) is 3.67. The molecule has 1 atom stereocenters. The highest BCUT2D eigenvalue weighted by Crippen LogP contribution is 2.17. The summed E-state index contributed by atoms with van der Waals surface area (Å²) in [5, 5.41) is 3.09.